The molecule has 7 nitrogen and oxygen atoms in total. The first-order chi connectivity index (χ1) is 17.6. The highest BCUT2D eigenvalue weighted by molar-refractivity contribution is 7.93. The Morgan fingerprint density at radius 2 is 1.68 bits per heavy atom. The molecule has 0 radical (unpaired) electrons. The number of hydrogen-bond acceptors (Lipinski definition) is 5. The number of ether oxygens (including phenoxy) is 2. The molecule has 1 aliphatic rings. The van der Waals surface area contributed by atoms with E-state index < -0.39 is 16.1 Å². The van der Waals surface area contributed by atoms with Gasteiger partial charge < -0.3 is 14.8 Å². The summed E-state index contributed by atoms with van der Waals surface area (Å²) in [5.41, 5.74) is 3.19. The number of nitrogens with zero attached hydrogens (tertiary/aromatic N) is 1. The zero-order valence-electron chi connectivity index (χ0n) is 21.9. The fourth-order valence-corrected chi connectivity index (χ4v) is 6.33. The van der Waals surface area contributed by atoms with Gasteiger partial charge in [-0.3, -0.25) is 9.10 Å². The molecule has 0 saturated heterocycles. The average molecular weight is 523 g/mol. The first-order valence-corrected chi connectivity index (χ1v) is 13.7. The summed E-state index contributed by atoms with van der Waals surface area (Å²) in [4.78, 5) is 13.5. The van der Waals surface area contributed by atoms with E-state index in [1.807, 2.05) is 42.5 Å². The number of carbonyl (C=O) groups excluding carboxylic acids is 1. The summed E-state index contributed by atoms with van der Waals surface area (Å²) in [7, 11) is -0.817. The van der Waals surface area contributed by atoms with Crippen LogP contribution >= 0.6 is 0 Å². The minimum Gasteiger partial charge on any atom is -0.493 e. The topological polar surface area (TPSA) is 84.9 Å². The molecule has 1 aliphatic heterocycles. The van der Waals surface area contributed by atoms with Crippen molar-refractivity contribution in [2.45, 2.75) is 50.0 Å². The molecule has 8 heteroatoms. The zero-order valence-corrected chi connectivity index (χ0v) is 22.8. The van der Waals surface area contributed by atoms with Crippen LogP contribution in [0.3, 0.4) is 0 Å². The third kappa shape index (κ3) is 5.30. The van der Waals surface area contributed by atoms with Gasteiger partial charge in [0, 0.05) is 13.0 Å². The van der Waals surface area contributed by atoms with Gasteiger partial charge in [-0.25, -0.2) is 8.42 Å². The lowest BCUT2D eigenvalue weighted by atomic mass is 9.87. The standard InChI is InChI=1S/C29H34N2O5S/c1-29(2,3)22-13-15-23(16-14-22)37(33,34)31-24-11-7-6-9-21(24)19-25(31)28(32)30-18-17-20-10-8-12-26(35-4)27(20)36-5/h6-16,25H,17-19H2,1-5H3,(H,30,32)/t25-/m0/s1. The van der Waals surface area contributed by atoms with Crippen molar-refractivity contribution in [1.29, 1.82) is 0 Å². The quantitative estimate of drug-likeness (QED) is 0.472. The predicted molar refractivity (Wildman–Crippen MR) is 145 cm³/mol. The Balaban J connectivity index is 1.57. The van der Waals surface area contributed by atoms with Gasteiger partial charge in [-0.05, 0) is 52.8 Å². The third-order valence-corrected chi connectivity index (χ3v) is 8.52. The molecule has 3 aromatic carbocycles. The van der Waals surface area contributed by atoms with Gasteiger partial charge in [0.2, 0.25) is 5.91 Å². The molecule has 0 bridgehead atoms. The monoisotopic (exact) mass is 522 g/mol. The van der Waals surface area contributed by atoms with Crippen LogP contribution in [0.2, 0.25) is 0 Å². The van der Waals surface area contributed by atoms with Gasteiger partial charge in [0.1, 0.15) is 6.04 Å². The number of carbonyl (C=O) groups is 1. The molecule has 1 N–H and O–H groups in total. The number of sulfonamides is 1. The van der Waals surface area contributed by atoms with Crippen LogP contribution in [-0.2, 0) is 33.1 Å². The van der Waals surface area contributed by atoms with Crippen molar-refractivity contribution in [2.75, 3.05) is 25.1 Å². The number of anilines is 1. The van der Waals surface area contributed by atoms with E-state index in [1.165, 1.54) is 4.31 Å². The Labute approximate surface area is 219 Å². The van der Waals surface area contributed by atoms with Crippen molar-refractivity contribution in [3.8, 4) is 11.5 Å². The van der Waals surface area contributed by atoms with Crippen molar-refractivity contribution >= 4 is 21.6 Å². The third-order valence-electron chi connectivity index (χ3n) is 6.68. The summed E-state index contributed by atoms with van der Waals surface area (Å²) in [5, 5.41) is 2.94. The van der Waals surface area contributed by atoms with E-state index in [9.17, 15) is 13.2 Å². The first-order valence-electron chi connectivity index (χ1n) is 12.3. The van der Waals surface area contributed by atoms with Crippen molar-refractivity contribution in [3.63, 3.8) is 0 Å². The highest BCUT2D eigenvalue weighted by Gasteiger charge is 2.42. The van der Waals surface area contributed by atoms with Crippen molar-refractivity contribution < 1.29 is 22.7 Å². The number of hydrogen-bond donors (Lipinski definition) is 1. The fourth-order valence-electron chi connectivity index (χ4n) is 4.68. The van der Waals surface area contributed by atoms with Gasteiger partial charge in [-0.2, -0.15) is 0 Å². The highest BCUT2D eigenvalue weighted by atomic mass is 32.2. The maximum Gasteiger partial charge on any atom is 0.265 e. The molecule has 1 atom stereocenters. The summed E-state index contributed by atoms with van der Waals surface area (Å²) in [6.45, 7) is 6.56. The van der Waals surface area contributed by atoms with E-state index in [-0.39, 0.29) is 16.2 Å². The fraction of sp³-hybridized carbons (Fsp3) is 0.345. The maximum atomic E-state index is 13.8. The number of benzene rings is 3. The average Bonchev–Trinajstić information content (AvgIpc) is 3.28. The summed E-state index contributed by atoms with van der Waals surface area (Å²) in [5.74, 6) is 0.899. The van der Waals surface area contributed by atoms with E-state index in [4.69, 9.17) is 9.47 Å². The van der Waals surface area contributed by atoms with Crippen molar-refractivity contribution in [1.82, 2.24) is 5.32 Å². The zero-order chi connectivity index (χ0) is 26.8. The molecule has 4 rings (SSSR count). The Bertz CT molecular complexity index is 1380. The van der Waals surface area contributed by atoms with Gasteiger partial charge in [0.05, 0.1) is 24.8 Å². The minimum absolute atomic E-state index is 0.101. The number of nitrogens with one attached hydrogen (secondary N) is 1. The second-order valence-corrected chi connectivity index (χ2v) is 11.9. The molecule has 1 amide bonds. The summed E-state index contributed by atoms with van der Waals surface area (Å²) in [6, 6.07) is 18.9. The van der Waals surface area contributed by atoms with Crippen LogP contribution in [0, 0.1) is 0 Å². The van der Waals surface area contributed by atoms with Gasteiger partial charge in [0.25, 0.3) is 10.0 Å². The molecular weight excluding hydrogens is 488 g/mol. The Hall–Kier alpha value is -3.52. The van der Waals surface area contributed by atoms with E-state index in [1.54, 1.807) is 38.5 Å². The number of methoxy groups -OCH3 is 2. The molecule has 0 aliphatic carbocycles. The number of amides is 1. The lowest BCUT2D eigenvalue weighted by molar-refractivity contribution is -0.122. The molecular formula is C29H34N2O5S. The lowest BCUT2D eigenvalue weighted by Crippen LogP contribution is -2.48. The smallest absolute Gasteiger partial charge is 0.265 e. The first kappa shape index (κ1) is 26.5. The predicted octanol–water partition coefficient (Wildman–Crippen LogP) is 4.48. The summed E-state index contributed by atoms with van der Waals surface area (Å²) < 4.78 is 39.8. The molecule has 196 valence electrons. The van der Waals surface area contributed by atoms with Gasteiger partial charge in [-0.15, -0.1) is 0 Å². The van der Waals surface area contributed by atoms with Crippen LogP contribution in [0.5, 0.6) is 11.5 Å². The molecule has 0 saturated carbocycles. The van der Waals surface area contributed by atoms with Gasteiger partial charge in [-0.1, -0.05) is 63.2 Å². The number of rotatable bonds is 8. The van der Waals surface area contributed by atoms with E-state index >= 15 is 0 Å². The van der Waals surface area contributed by atoms with Crippen molar-refractivity contribution in [2.24, 2.45) is 0 Å². The van der Waals surface area contributed by atoms with Crippen LogP contribution in [-0.4, -0.2) is 41.1 Å². The normalized spacial score (nSPS) is 15.3. The Morgan fingerprint density at radius 3 is 2.32 bits per heavy atom. The second-order valence-electron chi connectivity index (χ2n) is 10.1. The molecule has 37 heavy (non-hydrogen) atoms. The molecule has 0 spiro atoms. The SMILES string of the molecule is COc1cccc(CCNC(=O)[C@@H]2Cc3ccccc3N2S(=O)(=O)c2ccc(C(C)(C)C)cc2)c1OC. The maximum absolute atomic E-state index is 13.8. The van der Waals surface area contributed by atoms with Crippen LogP contribution in [0.1, 0.15) is 37.5 Å². The largest absolute Gasteiger partial charge is 0.493 e. The van der Waals surface area contributed by atoms with E-state index in [0.29, 0.717) is 36.6 Å². The summed E-state index contributed by atoms with van der Waals surface area (Å²) >= 11 is 0. The van der Waals surface area contributed by atoms with Crippen LogP contribution in [0.15, 0.2) is 71.6 Å². The van der Waals surface area contributed by atoms with Gasteiger partial charge >= 0.3 is 0 Å². The van der Waals surface area contributed by atoms with Crippen LogP contribution in [0.4, 0.5) is 5.69 Å². The number of fused-ring (bicyclic) bond motifs is 1. The van der Waals surface area contributed by atoms with Crippen LogP contribution in [0.25, 0.3) is 0 Å². The van der Waals surface area contributed by atoms with Gasteiger partial charge in [0.15, 0.2) is 11.5 Å². The Kier molecular flexibility index (Phi) is 7.50. The Morgan fingerprint density at radius 1 is 0.973 bits per heavy atom. The number of para-hydroxylation sites is 2. The van der Waals surface area contributed by atoms with Crippen molar-refractivity contribution in [3.05, 3.63) is 83.4 Å². The molecule has 0 aromatic heterocycles. The molecule has 0 fully saturated rings. The van der Waals surface area contributed by atoms with Crippen LogP contribution < -0.4 is 19.1 Å². The molecule has 1 heterocycles. The molecule has 3 aromatic rings. The van der Waals surface area contributed by atoms with E-state index in [2.05, 4.69) is 26.1 Å². The summed E-state index contributed by atoms with van der Waals surface area (Å²) in [6.07, 6.45) is 0.816. The van der Waals surface area contributed by atoms with E-state index in [0.717, 1.165) is 16.7 Å². The molecule has 0 unspecified atom stereocenters. The highest BCUT2D eigenvalue weighted by Crippen LogP contribution is 2.37. The second kappa shape index (κ2) is 10.5. The minimum atomic E-state index is -3.97. The lowest BCUT2D eigenvalue weighted by Gasteiger charge is -2.27.